The molecule has 0 aliphatic rings. The number of nitrogens with one attached hydrogen (secondary N) is 1. The first-order valence-corrected chi connectivity index (χ1v) is 7.47. The van der Waals surface area contributed by atoms with E-state index in [-0.39, 0.29) is 0 Å². The molecule has 1 heteroatoms. The maximum absolute atomic E-state index is 3.54. The van der Waals surface area contributed by atoms with Crippen molar-refractivity contribution in [2.75, 3.05) is 6.54 Å². The summed E-state index contributed by atoms with van der Waals surface area (Å²) in [6.07, 6.45) is 6.14. The van der Waals surface area contributed by atoms with E-state index in [1.54, 1.807) is 0 Å². The fourth-order valence-corrected chi connectivity index (χ4v) is 2.09. The minimum atomic E-state index is 0.807. The van der Waals surface area contributed by atoms with Crippen LogP contribution in [0.2, 0.25) is 0 Å². The van der Waals surface area contributed by atoms with Gasteiger partial charge in [-0.1, -0.05) is 48.4 Å². The van der Waals surface area contributed by atoms with Gasteiger partial charge in [0.15, 0.2) is 0 Å². The van der Waals surface area contributed by atoms with Crippen LogP contribution in [0.5, 0.6) is 0 Å². The van der Waals surface area contributed by atoms with Crippen LogP contribution < -0.4 is 5.32 Å². The van der Waals surface area contributed by atoms with E-state index in [9.17, 15) is 0 Å². The summed E-state index contributed by atoms with van der Waals surface area (Å²) >= 11 is 0. The third-order valence-electron chi connectivity index (χ3n) is 3.48. The molecule has 0 fully saturated rings. The predicted octanol–water partition coefficient (Wildman–Crippen LogP) is 4.86. The second-order valence-electron chi connectivity index (χ2n) is 5.92. The Balaban J connectivity index is 2.10. The largest absolute Gasteiger partial charge is 0.313 e. The molecule has 0 aliphatic heterocycles. The van der Waals surface area contributed by atoms with Crippen molar-refractivity contribution in [1.29, 1.82) is 0 Å². The number of allylic oxidation sites excluding steroid dienone is 2. The first-order chi connectivity index (χ1) is 9.08. The highest BCUT2D eigenvalue weighted by atomic mass is 14.8. The lowest BCUT2D eigenvalue weighted by atomic mass is 10.0. The molecule has 106 valence electrons. The summed E-state index contributed by atoms with van der Waals surface area (Å²) in [5.41, 5.74) is 4.14. The van der Waals surface area contributed by atoms with Crippen molar-refractivity contribution in [3.05, 3.63) is 47.0 Å². The van der Waals surface area contributed by atoms with Gasteiger partial charge in [0.25, 0.3) is 0 Å². The SMILES string of the molecule is CC(C)=CCC[C@H](C)CCNCc1ccc(C)cc1. The zero-order valence-electron chi connectivity index (χ0n) is 13.0. The average Bonchev–Trinajstić information content (AvgIpc) is 2.36. The van der Waals surface area contributed by atoms with Crippen molar-refractivity contribution < 1.29 is 0 Å². The minimum Gasteiger partial charge on any atom is -0.313 e. The van der Waals surface area contributed by atoms with Gasteiger partial charge >= 0.3 is 0 Å². The standard InChI is InChI=1S/C18H29N/c1-15(2)6-5-7-16(3)12-13-19-14-18-10-8-17(4)9-11-18/h6,8-11,16,19H,5,7,12-14H2,1-4H3/t16-/m0/s1. The van der Waals surface area contributed by atoms with Crippen LogP contribution in [-0.4, -0.2) is 6.54 Å². The Morgan fingerprint density at radius 2 is 1.84 bits per heavy atom. The lowest BCUT2D eigenvalue weighted by Crippen LogP contribution is -2.16. The van der Waals surface area contributed by atoms with Gasteiger partial charge in [0.2, 0.25) is 0 Å². The van der Waals surface area contributed by atoms with Crippen molar-refractivity contribution in [3.8, 4) is 0 Å². The maximum atomic E-state index is 3.54. The van der Waals surface area contributed by atoms with Crippen LogP contribution in [0, 0.1) is 12.8 Å². The molecule has 0 radical (unpaired) electrons. The smallest absolute Gasteiger partial charge is 0.0205 e. The Hall–Kier alpha value is -1.08. The van der Waals surface area contributed by atoms with E-state index in [1.165, 1.54) is 36.0 Å². The van der Waals surface area contributed by atoms with E-state index in [1.807, 2.05) is 0 Å². The van der Waals surface area contributed by atoms with Crippen LogP contribution >= 0.6 is 0 Å². The number of benzene rings is 1. The summed E-state index contributed by atoms with van der Waals surface area (Å²) < 4.78 is 0. The molecule has 19 heavy (non-hydrogen) atoms. The highest BCUT2D eigenvalue weighted by Gasteiger charge is 2.00. The van der Waals surface area contributed by atoms with E-state index < -0.39 is 0 Å². The monoisotopic (exact) mass is 259 g/mol. The molecule has 1 aromatic carbocycles. The van der Waals surface area contributed by atoms with Gasteiger partial charge in [-0.25, -0.2) is 0 Å². The van der Waals surface area contributed by atoms with Crippen molar-refractivity contribution in [2.24, 2.45) is 5.92 Å². The highest BCUT2D eigenvalue weighted by Crippen LogP contribution is 2.11. The molecule has 1 nitrogen and oxygen atoms in total. The van der Waals surface area contributed by atoms with Crippen LogP contribution in [0.4, 0.5) is 0 Å². The molecule has 1 atom stereocenters. The van der Waals surface area contributed by atoms with Gasteiger partial charge in [-0.2, -0.15) is 0 Å². The summed E-state index contributed by atoms with van der Waals surface area (Å²) in [6.45, 7) is 10.9. The quantitative estimate of drug-likeness (QED) is 0.519. The molecule has 1 rings (SSSR count). The molecule has 0 saturated heterocycles. The van der Waals surface area contributed by atoms with E-state index in [4.69, 9.17) is 0 Å². The van der Waals surface area contributed by atoms with Crippen molar-refractivity contribution in [1.82, 2.24) is 5.32 Å². The normalized spacial score (nSPS) is 12.2. The Morgan fingerprint density at radius 3 is 2.47 bits per heavy atom. The molecule has 0 amide bonds. The second-order valence-corrected chi connectivity index (χ2v) is 5.92. The Bertz CT molecular complexity index is 371. The summed E-state index contributed by atoms with van der Waals surface area (Å²) in [5.74, 6) is 0.807. The molecule has 0 bridgehead atoms. The Labute approximate surface area is 119 Å². The lowest BCUT2D eigenvalue weighted by molar-refractivity contribution is 0.473. The molecule has 0 spiro atoms. The fourth-order valence-electron chi connectivity index (χ4n) is 2.09. The Morgan fingerprint density at radius 1 is 1.16 bits per heavy atom. The third-order valence-corrected chi connectivity index (χ3v) is 3.48. The number of aryl methyl sites for hydroxylation is 1. The topological polar surface area (TPSA) is 12.0 Å². The van der Waals surface area contributed by atoms with Crippen LogP contribution in [0.3, 0.4) is 0 Å². The highest BCUT2D eigenvalue weighted by molar-refractivity contribution is 5.20. The van der Waals surface area contributed by atoms with Gasteiger partial charge in [0, 0.05) is 6.54 Å². The van der Waals surface area contributed by atoms with Gasteiger partial charge in [0.1, 0.15) is 0 Å². The van der Waals surface area contributed by atoms with Crippen LogP contribution in [0.1, 0.15) is 51.2 Å². The van der Waals surface area contributed by atoms with Crippen LogP contribution in [0.15, 0.2) is 35.9 Å². The molecule has 0 aliphatic carbocycles. The van der Waals surface area contributed by atoms with Crippen molar-refractivity contribution in [2.45, 2.75) is 53.5 Å². The van der Waals surface area contributed by atoms with Crippen LogP contribution in [-0.2, 0) is 6.54 Å². The number of rotatable bonds is 8. The van der Waals surface area contributed by atoms with E-state index in [0.717, 1.165) is 19.0 Å². The van der Waals surface area contributed by atoms with Gasteiger partial charge in [-0.15, -0.1) is 0 Å². The van der Waals surface area contributed by atoms with E-state index in [0.29, 0.717) is 0 Å². The lowest BCUT2D eigenvalue weighted by Gasteiger charge is -2.11. The molecule has 0 aromatic heterocycles. The van der Waals surface area contributed by atoms with E-state index >= 15 is 0 Å². The van der Waals surface area contributed by atoms with Gasteiger partial charge < -0.3 is 5.32 Å². The number of hydrogen-bond acceptors (Lipinski definition) is 1. The molecular weight excluding hydrogens is 230 g/mol. The van der Waals surface area contributed by atoms with E-state index in [2.05, 4.69) is 63.4 Å². The summed E-state index contributed by atoms with van der Waals surface area (Å²) in [4.78, 5) is 0. The minimum absolute atomic E-state index is 0.807. The predicted molar refractivity (Wildman–Crippen MR) is 85.3 cm³/mol. The van der Waals surface area contributed by atoms with Crippen molar-refractivity contribution in [3.63, 3.8) is 0 Å². The number of hydrogen-bond donors (Lipinski definition) is 1. The zero-order valence-corrected chi connectivity index (χ0v) is 13.0. The molecule has 1 N–H and O–H groups in total. The second kappa shape index (κ2) is 8.92. The first kappa shape index (κ1) is 16.0. The molecule has 1 aromatic rings. The van der Waals surface area contributed by atoms with Crippen LogP contribution in [0.25, 0.3) is 0 Å². The first-order valence-electron chi connectivity index (χ1n) is 7.47. The summed E-state index contributed by atoms with van der Waals surface area (Å²) in [6, 6.07) is 8.78. The van der Waals surface area contributed by atoms with Gasteiger partial charge in [0.05, 0.1) is 0 Å². The van der Waals surface area contributed by atoms with Crippen molar-refractivity contribution >= 4 is 0 Å². The van der Waals surface area contributed by atoms with Gasteiger partial charge in [-0.3, -0.25) is 0 Å². The summed E-state index contributed by atoms with van der Waals surface area (Å²) in [5, 5.41) is 3.54. The Kier molecular flexibility index (Phi) is 7.50. The average molecular weight is 259 g/mol. The maximum Gasteiger partial charge on any atom is 0.0205 e. The summed E-state index contributed by atoms with van der Waals surface area (Å²) in [7, 11) is 0. The molecule has 0 unspecified atom stereocenters. The zero-order chi connectivity index (χ0) is 14.1. The molecular formula is C18H29N. The van der Waals surface area contributed by atoms with Gasteiger partial charge in [-0.05, 0) is 58.1 Å². The molecule has 0 heterocycles. The fraction of sp³-hybridized carbons (Fsp3) is 0.556. The third kappa shape index (κ3) is 7.84. The molecule has 0 saturated carbocycles.